The molecule has 2 rings (SSSR count). The van der Waals surface area contributed by atoms with E-state index in [0.717, 1.165) is 11.3 Å². The van der Waals surface area contributed by atoms with E-state index in [1.165, 1.54) is 23.9 Å². The predicted molar refractivity (Wildman–Crippen MR) is 61.1 cm³/mol. The standard InChI is InChI=1S/C12H13FO2S/c13-10-1-3-11(4-2-10)16-8-12(14)9-5-6-15-7-9/h1-4,9H,5-8H2. The second-order valence-corrected chi connectivity index (χ2v) is 4.82. The summed E-state index contributed by atoms with van der Waals surface area (Å²) >= 11 is 1.45. The maximum atomic E-state index is 12.6. The maximum absolute atomic E-state index is 12.6. The van der Waals surface area contributed by atoms with Crippen LogP contribution in [0, 0.1) is 11.7 Å². The normalized spacial score (nSPS) is 19.9. The lowest BCUT2D eigenvalue weighted by atomic mass is 10.1. The van der Waals surface area contributed by atoms with Gasteiger partial charge in [0.15, 0.2) is 0 Å². The van der Waals surface area contributed by atoms with E-state index >= 15 is 0 Å². The van der Waals surface area contributed by atoms with Crippen LogP contribution < -0.4 is 0 Å². The molecule has 1 aliphatic heterocycles. The summed E-state index contributed by atoms with van der Waals surface area (Å²) in [5, 5.41) is 0. The van der Waals surface area contributed by atoms with Crippen molar-refractivity contribution in [3.05, 3.63) is 30.1 Å². The van der Waals surface area contributed by atoms with E-state index < -0.39 is 0 Å². The van der Waals surface area contributed by atoms with Crippen LogP contribution in [0.3, 0.4) is 0 Å². The maximum Gasteiger partial charge on any atom is 0.148 e. The molecule has 1 atom stereocenters. The summed E-state index contributed by atoms with van der Waals surface area (Å²) in [5.41, 5.74) is 0. The Morgan fingerprint density at radius 2 is 2.19 bits per heavy atom. The molecule has 1 aliphatic rings. The number of Topliss-reactive ketones (excluding diaryl/α,β-unsaturated/α-hetero) is 1. The zero-order valence-electron chi connectivity index (χ0n) is 8.82. The van der Waals surface area contributed by atoms with Crippen molar-refractivity contribution in [3.8, 4) is 0 Å². The molecule has 4 heteroatoms. The van der Waals surface area contributed by atoms with Gasteiger partial charge in [0.05, 0.1) is 12.4 Å². The highest BCUT2D eigenvalue weighted by atomic mass is 32.2. The molecule has 0 aromatic heterocycles. The lowest BCUT2D eigenvalue weighted by molar-refractivity contribution is -0.120. The Kier molecular flexibility index (Phi) is 3.96. The highest BCUT2D eigenvalue weighted by molar-refractivity contribution is 8.00. The smallest absolute Gasteiger partial charge is 0.148 e. The highest BCUT2D eigenvalue weighted by Gasteiger charge is 2.22. The molecule has 0 N–H and O–H groups in total. The first-order chi connectivity index (χ1) is 7.75. The summed E-state index contributed by atoms with van der Waals surface area (Å²) in [6.07, 6.45) is 0.836. The first-order valence-corrected chi connectivity index (χ1v) is 6.23. The Morgan fingerprint density at radius 1 is 1.44 bits per heavy atom. The van der Waals surface area contributed by atoms with Gasteiger partial charge in [0, 0.05) is 17.4 Å². The summed E-state index contributed by atoms with van der Waals surface area (Å²) in [6, 6.07) is 6.20. The van der Waals surface area contributed by atoms with Crippen molar-refractivity contribution in [3.63, 3.8) is 0 Å². The molecule has 0 radical (unpaired) electrons. The van der Waals surface area contributed by atoms with E-state index in [2.05, 4.69) is 0 Å². The minimum absolute atomic E-state index is 0.0629. The number of thioether (sulfide) groups is 1. The Bertz CT molecular complexity index is 358. The van der Waals surface area contributed by atoms with Crippen LogP contribution in [-0.4, -0.2) is 24.7 Å². The van der Waals surface area contributed by atoms with Crippen molar-refractivity contribution in [2.24, 2.45) is 5.92 Å². The molecule has 1 aromatic carbocycles. The van der Waals surface area contributed by atoms with Gasteiger partial charge in [-0.3, -0.25) is 4.79 Å². The molecule has 0 spiro atoms. The second-order valence-electron chi connectivity index (χ2n) is 3.77. The van der Waals surface area contributed by atoms with E-state index in [4.69, 9.17) is 4.74 Å². The Morgan fingerprint density at radius 3 is 2.81 bits per heavy atom. The third-order valence-electron chi connectivity index (χ3n) is 2.58. The molecule has 1 unspecified atom stereocenters. The minimum Gasteiger partial charge on any atom is -0.381 e. The minimum atomic E-state index is -0.250. The fourth-order valence-corrected chi connectivity index (χ4v) is 2.46. The zero-order chi connectivity index (χ0) is 11.4. The number of carbonyl (C=O) groups is 1. The zero-order valence-corrected chi connectivity index (χ0v) is 9.63. The van der Waals surface area contributed by atoms with Gasteiger partial charge in [0.25, 0.3) is 0 Å². The molecule has 1 saturated heterocycles. The summed E-state index contributed by atoms with van der Waals surface area (Å²) in [4.78, 5) is 12.6. The van der Waals surface area contributed by atoms with Gasteiger partial charge < -0.3 is 4.74 Å². The van der Waals surface area contributed by atoms with Crippen LogP contribution in [0.4, 0.5) is 4.39 Å². The molecule has 0 aliphatic carbocycles. The number of hydrogen-bond donors (Lipinski definition) is 0. The van der Waals surface area contributed by atoms with E-state index in [0.29, 0.717) is 19.0 Å². The van der Waals surface area contributed by atoms with Crippen LogP contribution >= 0.6 is 11.8 Å². The molecular weight excluding hydrogens is 227 g/mol. The molecule has 16 heavy (non-hydrogen) atoms. The topological polar surface area (TPSA) is 26.3 Å². The molecule has 1 heterocycles. The van der Waals surface area contributed by atoms with E-state index in [9.17, 15) is 9.18 Å². The number of halogens is 1. The van der Waals surface area contributed by atoms with E-state index in [1.807, 2.05) is 0 Å². The van der Waals surface area contributed by atoms with Gasteiger partial charge in [0.2, 0.25) is 0 Å². The van der Waals surface area contributed by atoms with Crippen molar-refractivity contribution >= 4 is 17.5 Å². The molecule has 86 valence electrons. The molecule has 2 nitrogen and oxygen atoms in total. The lowest BCUT2D eigenvalue weighted by Crippen LogP contribution is -2.16. The van der Waals surface area contributed by atoms with Crippen LogP contribution in [0.25, 0.3) is 0 Å². The van der Waals surface area contributed by atoms with E-state index in [1.54, 1.807) is 12.1 Å². The first kappa shape index (κ1) is 11.6. The number of carbonyl (C=O) groups excluding carboxylic acids is 1. The quantitative estimate of drug-likeness (QED) is 0.756. The number of hydrogen-bond acceptors (Lipinski definition) is 3. The highest BCUT2D eigenvalue weighted by Crippen LogP contribution is 2.21. The van der Waals surface area contributed by atoms with Crippen molar-refractivity contribution in [2.75, 3.05) is 19.0 Å². The predicted octanol–water partition coefficient (Wildman–Crippen LogP) is 2.52. The molecule has 1 fully saturated rings. The number of rotatable bonds is 4. The third kappa shape index (κ3) is 3.06. The summed E-state index contributed by atoms with van der Waals surface area (Å²) in [6.45, 7) is 1.25. The fraction of sp³-hybridized carbons (Fsp3) is 0.417. The van der Waals surface area contributed by atoms with Gasteiger partial charge in [-0.1, -0.05) is 0 Å². The van der Waals surface area contributed by atoms with Crippen molar-refractivity contribution in [1.29, 1.82) is 0 Å². The van der Waals surface area contributed by atoms with Crippen LogP contribution in [0.5, 0.6) is 0 Å². The number of benzene rings is 1. The third-order valence-corrected chi connectivity index (χ3v) is 3.61. The summed E-state index contributed by atoms with van der Waals surface area (Å²) in [7, 11) is 0. The average Bonchev–Trinajstić information content (AvgIpc) is 2.81. The largest absolute Gasteiger partial charge is 0.381 e. The number of ether oxygens (including phenoxy) is 1. The molecular formula is C12H13FO2S. The van der Waals surface area contributed by atoms with Crippen LogP contribution in [0.1, 0.15) is 6.42 Å². The van der Waals surface area contributed by atoms with Crippen molar-refractivity contribution in [2.45, 2.75) is 11.3 Å². The van der Waals surface area contributed by atoms with Gasteiger partial charge in [-0.25, -0.2) is 4.39 Å². The molecule has 1 aromatic rings. The van der Waals surface area contributed by atoms with Crippen molar-refractivity contribution in [1.82, 2.24) is 0 Å². The van der Waals surface area contributed by atoms with Crippen LogP contribution in [0.15, 0.2) is 29.2 Å². The molecule has 0 amide bonds. The lowest BCUT2D eigenvalue weighted by Gasteiger charge is -2.05. The Balaban J connectivity index is 1.82. The first-order valence-electron chi connectivity index (χ1n) is 5.24. The fourth-order valence-electron chi connectivity index (χ4n) is 1.59. The SMILES string of the molecule is O=C(CSc1ccc(F)cc1)C1CCOC1. The second kappa shape index (κ2) is 5.46. The number of ketones is 1. The van der Waals surface area contributed by atoms with Gasteiger partial charge in [-0.2, -0.15) is 0 Å². The van der Waals surface area contributed by atoms with Gasteiger partial charge in [0.1, 0.15) is 11.6 Å². The van der Waals surface area contributed by atoms with Crippen LogP contribution in [0.2, 0.25) is 0 Å². The van der Waals surface area contributed by atoms with Gasteiger partial charge in [-0.05, 0) is 30.7 Å². The molecule has 0 bridgehead atoms. The van der Waals surface area contributed by atoms with E-state index in [-0.39, 0.29) is 17.5 Å². The van der Waals surface area contributed by atoms with Gasteiger partial charge >= 0.3 is 0 Å². The monoisotopic (exact) mass is 240 g/mol. The summed E-state index contributed by atoms with van der Waals surface area (Å²) < 4.78 is 17.8. The Labute approximate surface area is 98.2 Å². The van der Waals surface area contributed by atoms with Crippen LogP contribution in [-0.2, 0) is 9.53 Å². The van der Waals surface area contributed by atoms with Crippen molar-refractivity contribution < 1.29 is 13.9 Å². The average molecular weight is 240 g/mol. The molecule has 0 saturated carbocycles. The Hall–Kier alpha value is -0.870. The summed E-state index contributed by atoms with van der Waals surface area (Å²) in [5.74, 6) is 0.485. The van der Waals surface area contributed by atoms with Gasteiger partial charge in [-0.15, -0.1) is 11.8 Å².